The molecule has 0 unspecified atom stereocenters. The molecule has 0 saturated carbocycles. The zero-order chi connectivity index (χ0) is 33.0. The van der Waals surface area contributed by atoms with Gasteiger partial charge in [-0.15, -0.1) is 11.3 Å². The number of nitrogens with zero attached hydrogens (tertiary/aromatic N) is 1. The third kappa shape index (κ3) is 7.42. The molecule has 1 aliphatic rings. The third-order valence-corrected chi connectivity index (χ3v) is 9.10. The number of hydrogen-bond donors (Lipinski definition) is 2. The molecule has 2 aromatic carbocycles. The van der Waals surface area contributed by atoms with E-state index in [-0.39, 0.29) is 73.1 Å². The Balaban J connectivity index is 1.40. The van der Waals surface area contributed by atoms with E-state index in [1.54, 1.807) is 18.2 Å². The van der Waals surface area contributed by atoms with Crippen molar-refractivity contribution in [3.8, 4) is 23.0 Å². The number of Topliss-reactive ketones (excluding diaryl/α,β-unsaturated/α-hetero) is 1. The van der Waals surface area contributed by atoms with Gasteiger partial charge in [-0.05, 0) is 29.1 Å². The quantitative estimate of drug-likeness (QED) is 0.151. The maximum atomic E-state index is 15.3. The van der Waals surface area contributed by atoms with Gasteiger partial charge < -0.3 is 34.1 Å². The lowest BCUT2D eigenvalue weighted by Gasteiger charge is -2.16. The van der Waals surface area contributed by atoms with Crippen LogP contribution in [0, 0.1) is 17.7 Å². The maximum Gasteiger partial charge on any atom is 0.306 e. The Morgan fingerprint density at radius 2 is 1.53 bits per heavy atom. The van der Waals surface area contributed by atoms with Gasteiger partial charge in [0.05, 0.1) is 48.8 Å². The van der Waals surface area contributed by atoms with E-state index < -0.39 is 29.6 Å². The molecule has 2 heterocycles. The van der Waals surface area contributed by atoms with Gasteiger partial charge in [-0.3, -0.25) is 19.2 Å². The van der Waals surface area contributed by atoms with Gasteiger partial charge in [0.1, 0.15) is 5.02 Å². The number of rotatable bonds is 15. The van der Waals surface area contributed by atoms with Crippen LogP contribution in [0.5, 0.6) is 23.0 Å². The molecule has 0 radical (unpaired) electrons. The first kappa shape index (κ1) is 33.8. The van der Waals surface area contributed by atoms with E-state index in [1.165, 1.54) is 33.0 Å². The molecule has 3 aromatic rings. The minimum Gasteiger partial charge on any atom is -0.491 e. The van der Waals surface area contributed by atoms with Crippen LogP contribution in [0.1, 0.15) is 53.9 Å². The van der Waals surface area contributed by atoms with Crippen molar-refractivity contribution in [2.75, 3.05) is 27.4 Å². The van der Waals surface area contributed by atoms with Crippen molar-refractivity contribution in [3.05, 3.63) is 45.0 Å². The predicted molar refractivity (Wildman–Crippen MR) is 163 cm³/mol. The summed E-state index contributed by atoms with van der Waals surface area (Å²) in [5.41, 5.74) is 0.850. The van der Waals surface area contributed by atoms with Crippen molar-refractivity contribution in [3.63, 3.8) is 0 Å². The topological polar surface area (TPSA) is 149 Å². The van der Waals surface area contributed by atoms with Crippen molar-refractivity contribution in [1.29, 1.82) is 0 Å². The van der Waals surface area contributed by atoms with E-state index in [2.05, 4.69) is 0 Å². The second kappa shape index (κ2) is 14.3. The fraction of sp³-hybridized carbons (Fsp3) is 0.419. The van der Waals surface area contributed by atoms with Gasteiger partial charge in [-0.2, -0.15) is 0 Å². The molecule has 4 rings (SSSR count). The average molecular weight is 666 g/mol. The average Bonchev–Trinajstić information content (AvgIpc) is 3.62. The Morgan fingerprint density at radius 3 is 2.13 bits per heavy atom. The first-order valence-electron chi connectivity index (χ1n) is 14.1. The highest BCUT2D eigenvalue weighted by Crippen LogP contribution is 2.45. The number of benzene rings is 2. The van der Waals surface area contributed by atoms with Gasteiger partial charge in [0.2, 0.25) is 5.91 Å². The van der Waals surface area contributed by atoms with Crippen LogP contribution in [-0.2, 0) is 27.5 Å². The summed E-state index contributed by atoms with van der Waals surface area (Å²) in [4.78, 5) is 49.3. The Morgan fingerprint density at radius 1 is 0.933 bits per heavy atom. The minimum atomic E-state index is -1.08. The zero-order valence-electron chi connectivity index (χ0n) is 25.1. The van der Waals surface area contributed by atoms with Crippen molar-refractivity contribution < 1.29 is 52.7 Å². The van der Waals surface area contributed by atoms with Crippen LogP contribution in [-0.4, -0.2) is 66.2 Å². The van der Waals surface area contributed by atoms with Crippen LogP contribution < -0.4 is 18.9 Å². The molecule has 1 aromatic heterocycles. The summed E-state index contributed by atoms with van der Waals surface area (Å²) in [5, 5.41) is 19.1. The molecule has 242 valence electrons. The second-order valence-electron chi connectivity index (χ2n) is 10.7. The van der Waals surface area contributed by atoms with Crippen LogP contribution in [0.25, 0.3) is 10.1 Å². The number of methoxy groups -OCH3 is 2. The van der Waals surface area contributed by atoms with Gasteiger partial charge in [-0.1, -0.05) is 25.4 Å². The number of thiophene rings is 1. The van der Waals surface area contributed by atoms with E-state index in [9.17, 15) is 19.2 Å². The number of carboxylic acids is 2. The minimum absolute atomic E-state index is 0.00674. The molecule has 2 atom stereocenters. The van der Waals surface area contributed by atoms with Crippen LogP contribution >= 0.6 is 22.9 Å². The number of halogens is 2. The number of carbonyl (C=O) groups excluding carboxylic acids is 2. The van der Waals surface area contributed by atoms with Crippen LogP contribution in [0.15, 0.2) is 18.2 Å². The fourth-order valence-electron chi connectivity index (χ4n) is 4.84. The molecule has 14 heteroatoms. The number of ketones is 1. The number of carbonyl (C=O) groups is 4. The maximum absolute atomic E-state index is 15.3. The highest BCUT2D eigenvalue weighted by molar-refractivity contribution is 7.21. The summed E-state index contributed by atoms with van der Waals surface area (Å²) in [6.07, 6.45) is 0.0482. The first-order valence-corrected chi connectivity index (χ1v) is 15.3. The summed E-state index contributed by atoms with van der Waals surface area (Å²) < 4.78 is 38.4. The summed E-state index contributed by atoms with van der Waals surface area (Å²) in [5.74, 6) is -4.43. The normalized spacial score (nSPS) is 13.7. The number of hydrogen-bond acceptors (Lipinski definition) is 9. The summed E-state index contributed by atoms with van der Waals surface area (Å²) in [6, 6.07) is 4.96. The summed E-state index contributed by atoms with van der Waals surface area (Å²) in [6.45, 7) is 3.35. The molecule has 0 bridgehead atoms. The van der Waals surface area contributed by atoms with E-state index in [1.807, 2.05) is 0 Å². The molecule has 0 aliphatic carbocycles. The highest BCUT2D eigenvalue weighted by Gasteiger charge is 2.31. The van der Waals surface area contributed by atoms with Crippen LogP contribution in [0.4, 0.5) is 4.39 Å². The fourth-order valence-corrected chi connectivity index (χ4v) is 6.26. The molecule has 1 aliphatic heterocycles. The number of amides is 1. The van der Waals surface area contributed by atoms with E-state index in [4.69, 9.17) is 40.8 Å². The number of ether oxygens (including phenoxy) is 4. The Labute approximate surface area is 267 Å². The Kier molecular flexibility index (Phi) is 10.8. The summed E-state index contributed by atoms with van der Waals surface area (Å²) in [7, 11) is 2.75. The number of fused-ring (bicyclic) bond motifs is 2. The molecule has 11 nitrogen and oxygen atoms in total. The summed E-state index contributed by atoms with van der Waals surface area (Å²) >= 11 is 7.73. The lowest BCUT2D eigenvalue weighted by atomic mass is 10.0. The SMILES string of the molecule is COc1c(OCCCOc2cc3cc(C(=O)C[C@H](C)C(=O)O)sc3c(Cl)c2OC)cc2c(c1F)CN(C(=O)C[C@H](C)C(=O)O)C2. The number of aliphatic carboxylic acids is 2. The number of carboxylic acid groups (broad SMARTS) is 2. The van der Waals surface area contributed by atoms with Crippen molar-refractivity contribution in [2.45, 2.75) is 46.2 Å². The van der Waals surface area contributed by atoms with Gasteiger partial charge >= 0.3 is 11.9 Å². The lowest BCUT2D eigenvalue weighted by Crippen LogP contribution is -2.28. The zero-order valence-corrected chi connectivity index (χ0v) is 26.7. The van der Waals surface area contributed by atoms with Crippen molar-refractivity contribution >= 4 is 56.7 Å². The standard InChI is InChI=1S/C31H33ClFNO10S/c1-15(30(37)38)8-20(35)23-12-17-10-21(27(41-3)25(32)29(17)45-23)43-6-5-7-44-22-11-18-13-34(24(36)9-16(2)31(39)40)14-19(18)26(33)28(22)42-4/h10-12,15-16H,5-9,13-14H2,1-4H3,(H,37,38)(H,39,40)/t15-,16-/m0/s1. The molecule has 0 fully saturated rings. The molecule has 2 N–H and O–H groups in total. The molecule has 45 heavy (non-hydrogen) atoms. The Bertz CT molecular complexity index is 1640. The largest absolute Gasteiger partial charge is 0.491 e. The molecule has 1 amide bonds. The lowest BCUT2D eigenvalue weighted by molar-refractivity contribution is -0.145. The third-order valence-electron chi connectivity index (χ3n) is 7.42. The molecular weight excluding hydrogens is 633 g/mol. The smallest absolute Gasteiger partial charge is 0.306 e. The van der Waals surface area contributed by atoms with E-state index >= 15 is 4.39 Å². The van der Waals surface area contributed by atoms with Crippen LogP contribution in [0.2, 0.25) is 5.02 Å². The van der Waals surface area contributed by atoms with E-state index in [0.717, 1.165) is 11.3 Å². The van der Waals surface area contributed by atoms with E-state index in [0.29, 0.717) is 38.3 Å². The van der Waals surface area contributed by atoms with Crippen molar-refractivity contribution in [1.82, 2.24) is 4.90 Å². The van der Waals surface area contributed by atoms with Gasteiger partial charge in [0, 0.05) is 37.9 Å². The van der Waals surface area contributed by atoms with Gasteiger partial charge in [0.15, 0.2) is 34.6 Å². The van der Waals surface area contributed by atoms with Gasteiger partial charge in [0.25, 0.3) is 0 Å². The Hall–Kier alpha value is -4.10. The van der Waals surface area contributed by atoms with Crippen molar-refractivity contribution in [2.24, 2.45) is 11.8 Å². The first-order chi connectivity index (χ1) is 21.4. The predicted octanol–water partition coefficient (Wildman–Crippen LogP) is 5.81. The molecule has 0 spiro atoms. The monoisotopic (exact) mass is 665 g/mol. The highest BCUT2D eigenvalue weighted by atomic mass is 35.5. The molecule has 0 saturated heterocycles. The molecular formula is C31H33ClFNO10S. The van der Waals surface area contributed by atoms with Crippen LogP contribution in [0.3, 0.4) is 0 Å². The second-order valence-corrected chi connectivity index (χ2v) is 12.2. The van der Waals surface area contributed by atoms with Gasteiger partial charge in [-0.25, -0.2) is 4.39 Å².